The second-order valence-corrected chi connectivity index (χ2v) is 5.14. The van der Waals surface area contributed by atoms with Gasteiger partial charge in [-0.3, -0.25) is 4.79 Å². The summed E-state index contributed by atoms with van der Waals surface area (Å²) in [5, 5.41) is 4.13. The molecule has 0 aliphatic carbocycles. The number of rotatable bonds is 2. The Morgan fingerprint density at radius 2 is 2.05 bits per heavy atom. The van der Waals surface area contributed by atoms with Crippen molar-refractivity contribution < 1.29 is 9.53 Å². The summed E-state index contributed by atoms with van der Waals surface area (Å²) in [7, 11) is 3.22. The Balaban J connectivity index is 1.84. The summed E-state index contributed by atoms with van der Waals surface area (Å²) in [5.41, 5.74) is 2.52. The van der Waals surface area contributed by atoms with E-state index in [4.69, 9.17) is 4.74 Å². The third kappa shape index (κ3) is 2.61. The zero-order chi connectivity index (χ0) is 14.8. The van der Waals surface area contributed by atoms with E-state index in [1.54, 1.807) is 11.9 Å². The van der Waals surface area contributed by atoms with Gasteiger partial charge in [-0.1, -0.05) is 24.3 Å². The van der Waals surface area contributed by atoms with Crippen LogP contribution in [0.2, 0.25) is 0 Å². The number of carbonyl (C=O) groups excluding carboxylic acids is 1. The highest BCUT2D eigenvalue weighted by atomic mass is 16.5. The zero-order valence-corrected chi connectivity index (χ0v) is 12.2. The largest absolute Gasteiger partial charge is 0.467 e. The van der Waals surface area contributed by atoms with E-state index in [1.807, 2.05) is 12.1 Å². The number of carbonyl (C=O) groups is 1. The number of fused-ring (bicyclic) bond motifs is 1. The van der Waals surface area contributed by atoms with Crippen LogP contribution in [-0.2, 0) is 20.0 Å². The maximum absolute atomic E-state index is 12.6. The van der Waals surface area contributed by atoms with Crippen LogP contribution in [0.4, 0.5) is 0 Å². The molecule has 0 fully saturated rings. The molecule has 2 aromatic rings. The fourth-order valence-electron chi connectivity index (χ4n) is 2.65. The third-order valence-corrected chi connectivity index (χ3v) is 3.74. The Hall–Kier alpha value is -2.37. The van der Waals surface area contributed by atoms with Crippen molar-refractivity contribution in [2.24, 2.45) is 7.05 Å². The smallest absolute Gasteiger partial charge is 0.314 e. The van der Waals surface area contributed by atoms with Crippen LogP contribution in [0.1, 0.15) is 28.2 Å². The molecule has 1 aliphatic heterocycles. The summed E-state index contributed by atoms with van der Waals surface area (Å²) in [4.78, 5) is 18.5. The lowest BCUT2D eigenvalue weighted by atomic mass is 10.0. The SMILES string of the molecule is COc1nc(C(=O)N2CCCc3ccccc3C2)nn1C. The van der Waals surface area contributed by atoms with Crippen LogP contribution in [0, 0.1) is 0 Å². The number of benzene rings is 1. The molecule has 0 unspecified atom stereocenters. The van der Waals surface area contributed by atoms with Crippen LogP contribution >= 0.6 is 0 Å². The lowest BCUT2D eigenvalue weighted by Gasteiger charge is -2.19. The molecule has 6 nitrogen and oxygen atoms in total. The first-order valence-corrected chi connectivity index (χ1v) is 7.00. The summed E-state index contributed by atoms with van der Waals surface area (Å²) in [6, 6.07) is 8.60. The van der Waals surface area contributed by atoms with E-state index in [2.05, 4.69) is 22.2 Å². The molecule has 0 saturated heterocycles. The summed E-state index contributed by atoms with van der Waals surface area (Å²) in [5.74, 6) is 0.0411. The van der Waals surface area contributed by atoms with Gasteiger partial charge in [0.15, 0.2) is 0 Å². The number of nitrogens with zero attached hydrogens (tertiary/aromatic N) is 4. The summed E-state index contributed by atoms with van der Waals surface area (Å²) < 4.78 is 6.53. The highest BCUT2D eigenvalue weighted by Crippen LogP contribution is 2.19. The number of methoxy groups -OCH3 is 1. The Morgan fingerprint density at radius 1 is 1.29 bits per heavy atom. The average Bonchev–Trinajstić information content (AvgIpc) is 2.74. The van der Waals surface area contributed by atoms with Crippen molar-refractivity contribution >= 4 is 5.91 Å². The topological polar surface area (TPSA) is 60.2 Å². The van der Waals surface area contributed by atoms with Crippen molar-refractivity contribution in [1.82, 2.24) is 19.7 Å². The van der Waals surface area contributed by atoms with E-state index in [9.17, 15) is 4.79 Å². The van der Waals surface area contributed by atoms with Gasteiger partial charge in [0.05, 0.1) is 7.11 Å². The number of ether oxygens (including phenoxy) is 1. The molecule has 6 heteroatoms. The van der Waals surface area contributed by atoms with Gasteiger partial charge in [0.1, 0.15) is 0 Å². The highest BCUT2D eigenvalue weighted by Gasteiger charge is 2.24. The van der Waals surface area contributed by atoms with E-state index in [-0.39, 0.29) is 11.7 Å². The fourth-order valence-corrected chi connectivity index (χ4v) is 2.65. The quantitative estimate of drug-likeness (QED) is 0.837. The van der Waals surface area contributed by atoms with Crippen molar-refractivity contribution in [3.63, 3.8) is 0 Å². The summed E-state index contributed by atoms with van der Waals surface area (Å²) >= 11 is 0. The van der Waals surface area contributed by atoms with Gasteiger partial charge >= 0.3 is 6.01 Å². The molecule has 110 valence electrons. The van der Waals surface area contributed by atoms with Gasteiger partial charge in [0.2, 0.25) is 5.82 Å². The molecule has 0 spiro atoms. The highest BCUT2D eigenvalue weighted by molar-refractivity contribution is 5.90. The molecule has 1 amide bonds. The first-order valence-electron chi connectivity index (χ1n) is 7.00. The lowest BCUT2D eigenvalue weighted by Crippen LogP contribution is -2.31. The van der Waals surface area contributed by atoms with Crippen LogP contribution < -0.4 is 4.74 Å². The Labute approximate surface area is 123 Å². The van der Waals surface area contributed by atoms with Gasteiger partial charge in [0.25, 0.3) is 5.91 Å². The van der Waals surface area contributed by atoms with Crippen LogP contribution in [0.25, 0.3) is 0 Å². The first kappa shape index (κ1) is 13.6. The minimum atomic E-state index is -0.148. The summed E-state index contributed by atoms with van der Waals surface area (Å²) in [6.45, 7) is 1.32. The molecule has 1 aliphatic rings. The molecular formula is C15H18N4O2. The maximum Gasteiger partial charge on any atom is 0.314 e. The number of aryl methyl sites for hydroxylation is 2. The second kappa shape index (κ2) is 5.55. The van der Waals surface area contributed by atoms with Crippen molar-refractivity contribution in [3.8, 4) is 6.01 Å². The normalized spacial score (nSPS) is 14.5. The van der Waals surface area contributed by atoms with Gasteiger partial charge in [-0.05, 0) is 24.0 Å². The van der Waals surface area contributed by atoms with E-state index in [1.165, 1.54) is 22.9 Å². The van der Waals surface area contributed by atoms with E-state index < -0.39 is 0 Å². The second-order valence-electron chi connectivity index (χ2n) is 5.14. The molecule has 21 heavy (non-hydrogen) atoms. The Kier molecular flexibility index (Phi) is 3.60. The molecule has 3 rings (SSSR count). The number of amides is 1. The van der Waals surface area contributed by atoms with Crippen LogP contribution in [0.5, 0.6) is 6.01 Å². The molecule has 0 saturated carbocycles. The maximum atomic E-state index is 12.6. The van der Waals surface area contributed by atoms with Crippen molar-refractivity contribution in [1.29, 1.82) is 0 Å². The molecule has 0 N–H and O–H groups in total. The van der Waals surface area contributed by atoms with Gasteiger partial charge in [-0.2, -0.15) is 4.98 Å². The van der Waals surface area contributed by atoms with Gasteiger partial charge in [-0.25, -0.2) is 4.68 Å². The third-order valence-electron chi connectivity index (χ3n) is 3.74. The van der Waals surface area contributed by atoms with Gasteiger partial charge in [-0.15, -0.1) is 5.10 Å². The molecular weight excluding hydrogens is 268 g/mol. The Bertz CT molecular complexity index is 665. The van der Waals surface area contributed by atoms with E-state index in [0.29, 0.717) is 19.1 Å². The number of hydrogen-bond donors (Lipinski definition) is 0. The predicted octanol–water partition coefficient (Wildman–Crippen LogP) is 1.41. The Morgan fingerprint density at radius 3 is 2.76 bits per heavy atom. The minimum absolute atomic E-state index is 0.148. The van der Waals surface area contributed by atoms with Crippen molar-refractivity contribution in [2.75, 3.05) is 13.7 Å². The monoisotopic (exact) mass is 286 g/mol. The molecule has 2 heterocycles. The van der Waals surface area contributed by atoms with Gasteiger partial charge < -0.3 is 9.64 Å². The predicted molar refractivity (Wildman–Crippen MR) is 77.1 cm³/mol. The van der Waals surface area contributed by atoms with Crippen LogP contribution in [0.3, 0.4) is 0 Å². The molecule has 0 atom stereocenters. The minimum Gasteiger partial charge on any atom is -0.467 e. The molecule has 0 radical (unpaired) electrons. The molecule has 0 bridgehead atoms. The van der Waals surface area contributed by atoms with Crippen molar-refractivity contribution in [3.05, 3.63) is 41.2 Å². The van der Waals surface area contributed by atoms with E-state index in [0.717, 1.165) is 12.8 Å². The average molecular weight is 286 g/mol. The number of aromatic nitrogens is 3. The molecule has 1 aromatic carbocycles. The van der Waals surface area contributed by atoms with Crippen molar-refractivity contribution in [2.45, 2.75) is 19.4 Å². The van der Waals surface area contributed by atoms with E-state index >= 15 is 0 Å². The fraction of sp³-hybridized carbons (Fsp3) is 0.400. The summed E-state index contributed by atoms with van der Waals surface area (Å²) in [6.07, 6.45) is 1.95. The standard InChI is InChI=1S/C15H18N4O2/c1-18-15(21-2)16-13(17-18)14(20)19-9-5-8-11-6-3-4-7-12(11)10-19/h3-4,6-7H,5,8-10H2,1-2H3. The first-order chi connectivity index (χ1) is 10.2. The molecule has 1 aromatic heterocycles. The van der Waals surface area contributed by atoms with Crippen LogP contribution in [0.15, 0.2) is 24.3 Å². The lowest BCUT2D eigenvalue weighted by molar-refractivity contribution is 0.0733. The van der Waals surface area contributed by atoms with Gasteiger partial charge in [0, 0.05) is 20.1 Å². The van der Waals surface area contributed by atoms with Crippen LogP contribution in [-0.4, -0.2) is 39.2 Å². The zero-order valence-electron chi connectivity index (χ0n) is 12.2. The number of hydrogen-bond acceptors (Lipinski definition) is 4.